The lowest BCUT2D eigenvalue weighted by molar-refractivity contribution is 0.0796. The molecule has 0 amide bonds. The minimum absolute atomic E-state index is 0.173. The van der Waals surface area contributed by atoms with E-state index >= 15 is 0 Å². The van der Waals surface area contributed by atoms with E-state index in [4.69, 9.17) is 0 Å². The molecule has 1 fully saturated rings. The van der Waals surface area contributed by atoms with Crippen molar-refractivity contribution in [2.24, 2.45) is 5.41 Å². The molecular weight excluding hydrogens is 489 g/mol. The summed E-state index contributed by atoms with van der Waals surface area (Å²) in [5.41, 5.74) is 2.55. The Kier molecular flexibility index (Phi) is 5.64. The third kappa shape index (κ3) is 3.92. The van der Waals surface area contributed by atoms with Gasteiger partial charge in [0.1, 0.15) is 11.5 Å². The summed E-state index contributed by atoms with van der Waals surface area (Å²) < 4.78 is 42.5. The van der Waals surface area contributed by atoms with Crippen molar-refractivity contribution in [3.8, 4) is 5.69 Å². The molecular formula is C29H24FN3O3S. The van der Waals surface area contributed by atoms with Crippen LogP contribution in [0.3, 0.4) is 0 Å². The Morgan fingerprint density at radius 3 is 2.49 bits per heavy atom. The molecule has 0 aliphatic heterocycles. The van der Waals surface area contributed by atoms with Crippen LogP contribution < -0.4 is 0 Å². The molecule has 186 valence electrons. The van der Waals surface area contributed by atoms with Gasteiger partial charge in [-0.25, -0.2) is 17.5 Å². The SMILES string of the molecule is O=C(c1ccccn1)[C@]12Cc3cnn(-c4ccc(F)cc4)c3C=C1CCC(S(=O)(=O)c1ccccc1)C2. The van der Waals surface area contributed by atoms with Gasteiger partial charge in [0.05, 0.1) is 33.1 Å². The largest absolute Gasteiger partial charge is 0.291 e. The highest BCUT2D eigenvalue weighted by atomic mass is 32.2. The zero-order valence-electron chi connectivity index (χ0n) is 19.9. The summed E-state index contributed by atoms with van der Waals surface area (Å²) in [6, 6.07) is 19.7. The smallest absolute Gasteiger partial charge is 0.191 e. The van der Waals surface area contributed by atoms with Crippen LogP contribution in [0.2, 0.25) is 0 Å². The number of ketones is 1. The van der Waals surface area contributed by atoms with Gasteiger partial charge >= 0.3 is 0 Å². The van der Waals surface area contributed by atoms with E-state index in [9.17, 15) is 17.6 Å². The second-order valence-corrected chi connectivity index (χ2v) is 11.9. The Hall–Kier alpha value is -3.91. The highest BCUT2D eigenvalue weighted by Gasteiger charge is 2.52. The second kappa shape index (κ2) is 8.88. The van der Waals surface area contributed by atoms with Crippen LogP contribution in [0, 0.1) is 11.2 Å². The number of benzene rings is 2. The Balaban J connectivity index is 1.46. The van der Waals surface area contributed by atoms with E-state index in [2.05, 4.69) is 10.1 Å². The monoisotopic (exact) mass is 513 g/mol. The number of halogens is 1. The maximum Gasteiger partial charge on any atom is 0.191 e. The third-order valence-corrected chi connectivity index (χ3v) is 9.74. The summed E-state index contributed by atoms with van der Waals surface area (Å²) in [5, 5.41) is 3.84. The molecule has 6 rings (SSSR count). The summed E-state index contributed by atoms with van der Waals surface area (Å²) in [6.07, 6.45) is 6.65. The average Bonchev–Trinajstić information content (AvgIpc) is 3.34. The minimum atomic E-state index is -3.64. The van der Waals surface area contributed by atoms with Crippen LogP contribution in [0.15, 0.2) is 95.7 Å². The van der Waals surface area contributed by atoms with Gasteiger partial charge in [0, 0.05) is 6.20 Å². The molecule has 0 spiro atoms. The highest BCUT2D eigenvalue weighted by Crippen LogP contribution is 2.51. The number of aromatic nitrogens is 3. The maximum atomic E-state index is 14.1. The van der Waals surface area contributed by atoms with Gasteiger partial charge in [0.15, 0.2) is 15.6 Å². The molecule has 2 aromatic carbocycles. The third-order valence-electron chi connectivity index (χ3n) is 7.53. The maximum absolute atomic E-state index is 14.1. The highest BCUT2D eigenvalue weighted by molar-refractivity contribution is 7.92. The van der Waals surface area contributed by atoms with Crippen LogP contribution in [-0.4, -0.2) is 34.2 Å². The van der Waals surface area contributed by atoms with Crippen LogP contribution in [0.5, 0.6) is 0 Å². The number of Topliss-reactive ketones (excluding diaryl/α,β-unsaturated/α-hetero) is 1. The Morgan fingerprint density at radius 1 is 1.00 bits per heavy atom. The van der Waals surface area contributed by atoms with Crippen molar-refractivity contribution in [2.45, 2.75) is 35.8 Å². The van der Waals surface area contributed by atoms with E-state index in [1.54, 1.807) is 77.7 Å². The van der Waals surface area contributed by atoms with Crippen LogP contribution in [0.25, 0.3) is 11.8 Å². The lowest BCUT2D eigenvalue weighted by Gasteiger charge is -2.43. The van der Waals surface area contributed by atoms with Gasteiger partial charge in [0.25, 0.3) is 0 Å². The van der Waals surface area contributed by atoms with Gasteiger partial charge in [-0.05, 0) is 85.9 Å². The van der Waals surface area contributed by atoms with Crippen LogP contribution in [0.1, 0.15) is 41.0 Å². The molecule has 1 saturated carbocycles. The molecule has 2 heterocycles. The molecule has 2 atom stereocenters. The predicted octanol–water partition coefficient (Wildman–Crippen LogP) is 5.24. The number of nitrogens with zero attached hydrogens (tertiary/aromatic N) is 3. The molecule has 8 heteroatoms. The molecule has 0 radical (unpaired) electrons. The van der Waals surface area contributed by atoms with E-state index in [-0.39, 0.29) is 22.9 Å². The van der Waals surface area contributed by atoms with Gasteiger partial charge in [-0.15, -0.1) is 0 Å². The van der Waals surface area contributed by atoms with Gasteiger partial charge in [0.2, 0.25) is 0 Å². The van der Waals surface area contributed by atoms with Crippen LogP contribution in [-0.2, 0) is 16.3 Å². The zero-order valence-corrected chi connectivity index (χ0v) is 20.7. The lowest BCUT2D eigenvalue weighted by Crippen LogP contribution is -2.45. The molecule has 2 aliphatic rings. The second-order valence-electron chi connectivity index (χ2n) is 9.64. The zero-order chi connectivity index (χ0) is 25.6. The van der Waals surface area contributed by atoms with E-state index in [1.807, 2.05) is 6.08 Å². The molecule has 6 nitrogen and oxygen atoms in total. The Bertz CT molecular complexity index is 1610. The normalized spacial score (nSPS) is 21.0. The number of sulfone groups is 1. The molecule has 4 aromatic rings. The number of fused-ring (bicyclic) bond motifs is 2. The van der Waals surface area contributed by atoms with Crippen molar-refractivity contribution < 1.29 is 17.6 Å². The number of pyridine rings is 1. The van der Waals surface area contributed by atoms with Crippen molar-refractivity contribution in [1.82, 2.24) is 14.8 Å². The Morgan fingerprint density at radius 2 is 1.76 bits per heavy atom. The molecule has 37 heavy (non-hydrogen) atoms. The summed E-state index contributed by atoms with van der Waals surface area (Å²) >= 11 is 0. The van der Waals surface area contributed by atoms with E-state index in [0.29, 0.717) is 30.6 Å². The van der Waals surface area contributed by atoms with Crippen LogP contribution in [0.4, 0.5) is 4.39 Å². The van der Waals surface area contributed by atoms with Crippen molar-refractivity contribution in [3.63, 3.8) is 0 Å². The summed E-state index contributed by atoms with van der Waals surface area (Å²) in [6.45, 7) is 0. The van der Waals surface area contributed by atoms with Gasteiger partial charge in [-0.1, -0.05) is 29.8 Å². The number of carbonyl (C=O) groups excluding carboxylic acids is 1. The minimum Gasteiger partial charge on any atom is -0.291 e. The Labute approximate surface area is 214 Å². The number of hydrogen-bond donors (Lipinski definition) is 0. The van der Waals surface area contributed by atoms with Crippen molar-refractivity contribution in [3.05, 3.63) is 114 Å². The summed E-state index contributed by atoms with van der Waals surface area (Å²) in [4.78, 5) is 18.7. The van der Waals surface area contributed by atoms with Gasteiger partial charge in [-0.3, -0.25) is 9.78 Å². The fraction of sp³-hybridized carbons (Fsp3) is 0.207. The molecule has 0 bridgehead atoms. The van der Waals surface area contributed by atoms with E-state index in [0.717, 1.165) is 16.8 Å². The fourth-order valence-corrected chi connectivity index (χ4v) is 7.52. The molecule has 0 saturated heterocycles. The van der Waals surface area contributed by atoms with Crippen molar-refractivity contribution in [2.75, 3.05) is 0 Å². The number of hydrogen-bond acceptors (Lipinski definition) is 5. The van der Waals surface area contributed by atoms with E-state index in [1.165, 1.54) is 12.1 Å². The lowest BCUT2D eigenvalue weighted by atomic mass is 9.61. The molecule has 2 aromatic heterocycles. The first-order valence-corrected chi connectivity index (χ1v) is 13.7. The van der Waals surface area contributed by atoms with Gasteiger partial charge in [-0.2, -0.15) is 5.10 Å². The predicted molar refractivity (Wildman–Crippen MR) is 137 cm³/mol. The van der Waals surface area contributed by atoms with Crippen molar-refractivity contribution in [1.29, 1.82) is 0 Å². The molecule has 2 aliphatic carbocycles. The molecule has 0 N–H and O–H groups in total. The fourth-order valence-electron chi connectivity index (χ4n) is 5.66. The first-order chi connectivity index (χ1) is 17.9. The first kappa shape index (κ1) is 23.5. The summed E-state index contributed by atoms with van der Waals surface area (Å²) in [5.74, 6) is -0.506. The van der Waals surface area contributed by atoms with E-state index < -0.39 is 20.5 Å². The topological polar surface area (TPSA) is 81.9 Å². The first-order valence-electron chi connectivity index (χ1n) is 12.2. The quantitative estimate of drug-likeness (QED) is 0.341. The average molecular weight is 514 g/mol. The van der Waals surface area contributed by atoms with Crippen molar-refractivity contribution >= 4 is 21.7 Å². The van der Waals surface area contributed by atoms with Crippen LogP contribution >= 0.6 is 0 Å². The standard InChI is InChI=1S/C29H24FN3O3S/c30-22-10-12-23(13-11-22)33-27-16-21-9-14-25(37(35,36)24-6-2-1-3-7-24)18-29(21,17-20(27)19-32-33)28(34)26-8-4-5-15-31-26/h1-8,10-13,15-16,19,25H,9,14,17-18H2/t25?,29-/m0/s1. The number of rotatable bonds is 5. The number of allylic oxidation sites excluding steroid dienone is 1. The summed E-state index contributed by atoms with van der Waals surface area (Å²) in [7, 11) is -3.64. The van der Waals surface area contributed by atoms with Gasteiger partial charge < -0.3 is 0 Å². The number of carbonyl (C=O) groups is 1. The molecule has 1 unspecified atom stereocenters.